The normalized spacial score (nSPS) is 22.0. The molecule has 0 saturated carbocycles. The first-order chi connectivity index (χ1) is 13.6. The second-order valence-corrected chi connectivity index (χ2v) is 9.21. The maximum absolute atomic E-state index is 13.1. The molecular formula is C19H19F2N3O4S. The van der Waals surface area contributed by atoms with E-state index in [2.05, 4.69) is 9.72 Å². The summed E-state index contributed by atoms with van der Waals surface area (Å²) in [7, 11) is -3.89. The highest BCUT2D eigenvalue weighted by Crippen LogP contribution is 2.41. The Morgan fingerprint density at radius 3 is 2.48 bits per heavy atom. The number of amides is 1. The van der Waals surface area contributed by atoms with Crippen LogP contribution in [0.4, 0.5) is 8.78 Å². The number of carbonyl (C=O) groups is 1. The van der Waals surface area contributed by atoms with Gasteiger partial charge in [-0.05, 0) is 50.2 Å². The second-order valence-electron chi connectivity index (χ2n) is 7.27. The van der Waals surface area contributed by atoms with Crippen molar-refractivity contribution in [2.75, 3.05) is 19.6 Å². The molecule has 1 amide bonds. The predicted molar refractivity (Wildman–Crippen MR) is 99.2 cm³/mol. The van der Waals surface area contributed by atoms with Gasteiger partial charge < -0.3 is 9.64 Å². The van der Waals surface area contributed by atoms with E-state index in [9.17, 15) is 22.0 Å². The van der Waals surface area contributed by atoms with Crippen molar-refractivity contribution >= 4 is 15.9 Å². The Morgan fingerprint density at radius 1 is 1.14 bits per heavy atom. The van der Waals surface area contributed by atoms with E-state index in [1.807, 2.05) is 13.8 Å². The van der Waals surface area contributed by atoms with Crippen molar-refractivity contribution in [3.63, 3.8) is 0 Å². The van der Waals surface area contributed by atoms with E-state index in [-0.39, 0.29) is 36.2 Å². The third-order valence-corrected chi connectivity index (χ3v) is 7.22. The lowest BCUT2D eigenvalue weighted by Gasteiger charge is -2.44. The number of hydrogen-bond acceptors (Lipinski definition) is 5. The molecule has 4 rings (SSSR count). The molecule has 0 radical (unpaired) electrons. The molecular weight excluding hydrogens is 404 g/mol. The lowest BCUT2D eigenvalue weighted by molar-refractivity contribution is -0.0498. The SMILES string of the molecule is Cc1ccc2c(n1)C1(C)CN(S(=O)(=O)c3ccc(OC(F)F)cc3)CCN1C2=O. The zero-order valence-corrected chi connectivity index (χ0v) is 16.6. The Bertz CT molecular complexity index is 1080. The molecule has 2 aliphatic rings. The van der Waals surface area contributed by atoms with Gasteiger partial charge in [-0.3, -0.25) is 9.78 Å². The van der Waals surface area contributed by atoms with Gasteiger partial charge in [0.1, 0.15) is 5.75 Å². The van der Waals surface area contributed by atoms with E-state index >= 15 is 0 Å². The van der Waals surface area contributed by atoms with Crippen LogP contribution in [0.3, 0.4) is 0 Å². The molecule has 2 aliphatic heterocycles. The van der Waals surface area contributed by atoms with E-state index in [1.165, 1.54) is 28.6 Å². The number of piperazine rings is 1. The number of halogens is 2. The molecule has 7 nitrogen and oxygen atoms in total. The summed E-state index contributed by atoms with van der Waals surface area (Å²) >= 11 is 0. The Hall–Kier alpha value is -2.59. The molecule has 10 heteroatoms. The molecule has 0 spiro atoms. The zero-order chi connectivity index (χ0) is 21.0. The fraction of sp³-hybridized carbons (Fsp3) is 0.368. The largest absolute Gasteiger partial charge is 0.435 e. The number of rotatable bonds is 4. The van der Waals surface area contributed by atoms with E-state index in [0.717, 1.165) is 5.69 Å². The number of ether oxygens (including phenoxy) is 1. The number of sulfonamides is 1. The minimum absolute atomic E-state index is 0.0297. The van der Waals surface area contributed by atoms with Crippen molar-refractivity contribution in [1.29, 1.82) is 0 Å². The Morgan fingerprint density at radius 2 is 1.83 bits per heavy atom. The van der Waals surface area contributed by atoms with Crippen LogP contribution in [-0.2, 0) is 15.6 Å². The maximum Gasteiger partial charge on any atom is 0.387 e. The molecule has 154 valence electrons. The first-order valence-corrected chi connectivity index (χ1v) is 10.4. The highest BCUT2D eigenvalue weighted by atomic mass is 32.2. The summed E-state index contributed by atoms with van der Waals surface area (Å²) in [5.41, 5.74) is 0.936. The standard InChI is InChI=1S/C19H19F2N3O4S/c1-12-3-8-15-16(22-12)19(2)11-23(9-10-24(19)17(15)25)29(26,27)14-6-4-13(5-7-14)28-18(20)21/h3-8,18H,9-11H2,1-2H3. The number of aryl methyl sites for hydroxylation is 1. The van der Waals surface area contributed by atoms with Crippen molar-refractivity contribution in [2.45, 2.75) is 30.9 Å². The second kappa shape index (κ2) is 6.74. The minimum Gasteiger partial charge on any atom is -0.435 e. The number of carbonyl (C=O) groups excluding carboxylic acids is 1. The Kier molecular flexibility index (Phi) is 4.58. The van der Waals surface area contributed by atoms with Gasteiger partial charge in [-0.1, -0.05) is 0 Å². The summed E-state index contributed by atoms with van der Waals surface area (Å²) in [6, 6.07) is 8.34. The van der Waals surface area contributed by atoms with Crippen molar-refractivity contribution in [2.24, 2.45) is 0 Å². The van der Waals surface area contributed by atoms with Crippen LogP contribution in [0, 0.1) is 6.92 Å². The summed E-state index contributed by atoms with van der Waals surface area (Å²) in [4.78, 5) is 18.9. The lowest BCUT2D eigenvalue weighted by Crippen LogP contribution is -2.58. The van der Waals surface area contributed by atoms with Gasteiger partial charge in [0.25, 0.3) is 5.91 Å². The summed E-state index contributed by atoms with van der Waals surface area (Å²) in [5, 5.41) is 0. The molecule has 29 heavy (non-hydrogen) atoms. The predicted octanol–water partition coefficient (Wildman–Crippen LogP) is 2.37. The highest BCUT2D eigenvalue weighted by molar-refractivity contribution is 7.89. The van der Waals surface area contributed by atoms with Gasteiger partial charge in [0.15, 0.2) is 0 Å². The Labute approximate surface area is 167 Å². The van der Waals surface area contributed by atoms with Crippen molar-refractivity contribution < 1.29 is 26.7 Å². The monoisotopic (exact) mass is 423 g/mol. The van der Waals surface area contributed by atoms with E-state index in [4.69, 9.17) is 0 Å². The first-order valence-electron chi connectivity index (χ1n) is 8.98. The van der Waals surface area contributed by atoms with Gasteiger partial charge in [-0.15, -0.1) is 0 Å². The topological polar surface area (TPSA) is 79.8 Å². The summed E-state index contributed by atoms with van der Waals surface area (Å²) in [6.45, 7) is 1.06. The van der Waals surface area contributed by atoms with E-state index in [1.54, 1.807) is 17.0 Å². The van der Waals surface area contributed by atoms with Crippen LogP contribution in [-0.4, -0.2) is 54.8 Å². The average Bonchev–Trinajstić information content (AvgIpc) is 2.88. The number of benzene rings is 1. The summed E-state index contributed by atoms with van der Waals surface area (Å²) < 4.78 is 56.4. The molecule has 1 atom stereocenters. The quantitative estimate of drug-likeness (QED) is 0.754. The van der Waals surface area contributed by atoms with Crippen LogP contribution < -0.4 is 4.74 Å². The third-order valence-electron chi connectivity index (χ3n) is 5.36. The molecule has 1 aromatic heterocycles. The molecule has 1 fully saturated rings. The van der Waals surface area contributed by atoms with Gasteiger partial charge in [0.05, 0.1) is 21.7 Å². The van der Waals surface area contributed by atoms with Gasteiger partial charge >= 0.3 is 6.61 Å². The van der Waals surface area contributed by atoms with Crippen LogP contribution in [0.1, 0.15) is 28.7 Å². The molecule has 0 bridgehead atoms. The number of alkyl halides is 2. The van der Waals surface area contributed by atoms with E-state index < -0.39 is 22.2 Å². The number of nitrogens with zero attached hydrogens (tertiary/aromatic N) is 3. The van der Waals surface area contributed by atoms with Crippen LogP contribution in [0.25, 0.3) is 0 Å². The highest BCUT2D eigenvalue weighted by Gasteiger charge is 2.52. The van der Waals surface area contributed by atoms with E-state index in [0.29, 0.717) is 11.3 Å². The van der Waals surface area contributed by atoms with Crippen LogP contribution in [0.15, 0.2) is 41.3 Å². The van der Waals surface area contributed by atoms with Crippen molar-refractivity contribution in [3.05, 3.63) is 53.3 Å². The average molecular weight is 423 g/mol. The Balaban J connectivity index is 1.65. The lowest BCUT2D eigenvalue weighted by atomic mass is 9.95. The first kappa shape index (κ1) is 19.7. The number of pyridine rings is 1. The van der Waals surface area contributed by atoms with Crippen LogP contribution in [0.2, 0.25) is 0 Å². The van der Waals surface area contributed by atoms with Crippen molar-refractivity contribution in [3.8, 4) is 5.75 Å². The van der Waals surface area contributed by atoms with Gasteiger partial charge in [-0.2, -0.15) is 13.1 Å². The molecule has 0 aliphatic carbocycles. The smallest absolute Gasteiger partial charge is 0.387 e. The molecule has 1 aromatic carbocycles. The fourth-order valence-electron chi connectivity index (χ4n) is 3.93. The molecule has 2 aromatic rings. The number of hydrogen-bond donors (Lipinski definition) is 0. The van der Waals surface area contributed by atoms with Crippen LogP contribution in [0.5, 0.6) is 5.75 Å². The number of aromatic nitrogens is 1. The molecule has 1 unspecified atom stereocenters. The fourth-order valence-corrected chi connectivity index (χ4v) is 5.45. The summed E-state index contributed by atoms with van der Waals surface area (Å²) in [5.74, 6) is -0.272. The van der Waals surface area contributed by atoms with Gasteiger partial charge in [0, 0.05) is 25.3 Å². The maximum atomic E-state index is 13.1. The minimum atomic E-state index is -3.89. The number of fused-ring (bicyclic) bond motifs is 3. The van der Waals surface area contributed by atoms with Gasteiger partial charge in [-0.25, -0.2) is 8.42 Å². The van der Waals surface area contributed by atoms with Gasteiger partial charge in [0.2, 0.25) is 10.0 Å². The third kappa shape index (κ3) is 3.16. The molecule has 3 heterocycles. The zero-order valence-electron chi connectivity index (χ0n) is 15.8. The van der Waals surface area contributed by atoms with Crippen LogP contribution >= 0.6 is 0 Å². The molecule has 0 N–H and O–H groups in total. The van der Waals surface area contributed by atoms with Crippen molar-refractivity contribution in [1.82, 2.24) is 14.2 Å². The summed E-state index contributed by atoms with van der Waals surface area (Å²) in [6.07, 6.45) is 0. The molecule has 1 saturated heterocycles.